The molecule has 1 aromatic carbocycles. The second-order valence-electron chi connectivity index (χ2n) is 3.69. The minimum atomic E-state index is -1.09. The van der Waals surface area contributed by atoms with Gasteiger partial charge in [-0.15, -0.1) is 0 Å². The van der Waals surface area contributed by atoms with E-state index >= 15 is 0 Å². The van der Waals surface area contributed by atoms with Crippen LogP contribution in [-0.4, -0.2) is 23.8 Å². The van der Waals surface area contributed by atoms with E-state index in [4.69, 9.17) is 26.2 Å². The molecule has 1 N–H and O–H groups in total. The van der Waals surface area contributed by atoms with E-state index in [2.05, 4.69) is 0 Å². The van der Waals surface area contributed by atoms with Gasteiger partial charge in [-0.1, -0.05) is 11.6 Å². The van der Waals surface area contributed by atoms with E-state index in [0.717, 1.165) is 0 Å². The molecule has 0 saturated heterocycles. The molecular weight excluding hydrogens is 244 g/mol. The SMILES string of the molecule is CCOc1cc(Cl)cc(C(=O)O)c1OC(C)C. The van der Waals surface area contributed by atoms with E-state index in [0.29, 0.717) is 17.4 Å². The molecular formula is C12H15ClO4. The maximum atomic E-state index is 11.1. The van der Waals surface area contributed by atoms with Gasteiger partial charge in [0.1, 0.15) is 5.56 Å². The molecule has 17 heavy (non-hydrogen) atoms. The molecule has 0 atom stereocenters. The first-order valence-electron chi connectivity index (χ1n) is 5.32. The summed E-state index contributed by atoms with van der Waals surface area (Å²) in [7, 11) is 0. The summed E-state index contributed by atoms with van der Waals surface area (Å²) in [6.07, 6.45) is -0.145. The van der Waals surface area contributed by atoms with E-state index < -0.39 is 5.97 Å². The molecule has 5 heteroatoms. The summed E-state index contributed by atoms with van der Waals surface area (Å²) in [6, 6.07) is 2.90. The Morgan fingerprint density at radius 1 is 1.47 bits per heavy atom. The number of hydrogen-bond donors (Lipinski definition) is 1. The smallest absolute Gasteiger partial charge is 0.339 e. The second kappa shape index (κ2) is 5.77. The first-order chi connectivity index (χ1) is 7.95. The number of benzene rings is 1. The molecule has 0 aromatic heterocycles. The summed E-state index contributed by atoms with van der Waals surface area (Å²) in [5, 5.41) is 9.41. The zero-order chi connectivity index (χ0) is 13.0. The average Bonchev–Trinajstić information content (AvgIpc) is 2.21. The molecule has 0 aliphatic carbocycles. The van der Waals surface area contributed by atoms with Crippen LogP contribution in [-0.2, 0) is 0 Å². The summed E-state index contributed by atoms with van der Waals surface area (Å²) >= 11 is 5.84. The second-order valence-corrected chi connectivity index (χ2v) is 4.12. The molecule has 0 amide bonds. The van der Waals surface area contributed by atoms with Gasteiger partial charge in [0, 0.05) is 11.1 Å². The number of ether oxygens (including phenoxy) is 2. The molecule has 0 bridgehead atoms. The van der Waals surface area contributed by atoms with Crippen LogP contribution in [0.3, 0.4) is 0 Å². The van der Waals surface area contributed by atoms with Crippen LogP contribution in [0.1, 0.15) is 31.1 Å². The first-order valence-corrected chi connectivity index (χ1v) is 5.69. The highest BCUT2D eigenvalue weighted by atomic mass is 35.5. The molecule has 0 fully saturated rings. The Hall–Kier alpha value is -1.42. The van der Waals surface area contributed by atoms with Crippen molar-refractivity contribution >= 4 is 17.6 Å². The Morgan fingerprint density at radius 3 is 2.59 bits per heavy atom. The van der Waals surface area contributed by atoms with Crippen LogP contribution < -0.4 is 9.47 Å². The van der Waals surface area contributed by atoms with Crippen LogP contribution in [0.2, 0.25) is 5.02 Å². The zero-order valence-corrected chi connectivity index (χ0v) is 10.7. The Bertz CT molecular complexity index is 415. The van der Waals surface area contributed by atoms with Gasteiger partial charge in [-0.25, -0.2) is 4.79 Å². The van der Waals surface area contributed by atoms with Crippen LogP contribution >= 0.6 is 11.6 Å². The summed E-state index contributed by atoms with van der Waals surface area (Å²) in [5.41, 5.74) is 0.00894. The third-order valence-electron chi connectivity index (χ3n) is 1.90. The van der Waals surface area contributed by atoms with Crippen molar-refractivity contribution in [1.29, 1.82) is 0 Å². The van der Waals surface area contributed by atoms with Gasteiger partial charge in [-0.2, -0.15) is 0 Å². The lowest BCUT2D eigenvalue weighted by atomic mass is 10.2. The number of carboxylic acid groups (broad SMARTS) is 1. The molecule has 0 saturated carbocycles. The molecule has 0 heterocycles. The van der Waals surface area contributed by atoms with Gasteiger partial charge in [0.15, 0.2) is 11.5 Å². The number of carbonyl (C=O) groups is 1. The predicted octanol–water partition coefficient (Wildman–Crippen LogP) is 3.22. The van der Waals surface area contributed by atoms with Gasteiger partial charge in [0.05, 0.1) is 12.7 Å². The van der Waals surface area contributed by atoms with Gasteiger partial charge in [0.25, 0.3) is 0 Å². The molecule has 0 aliphatic heterocycles. The molecule has 94 valence electrons. The summed E-state index contributed by atoms with van der Waals surface area (Å²) in [6.45, 7) is 5.85. The maximum Gasteiger partial charge on any atom is 0.339 e. The van der Waals surface area contributed by atoms with Crippen molar-refractivity contribution in [1.82, 2.24) is 0 Å². The van der Waals surface area contributed by atoms with Crippen LogP contribution in [0.5, 0.6) is 11.5 Å². The highest BCUT2D eigenvalue weighted by Crippen LogP contribution is 2.35. The highest BCUT2D eigenvalue weighted by Gasteiger charge is 2.19. The Labute approximate surface area is 105 Å². The molecule has 0 aliphatic rings. The van der Waals surface area contributed by atoms with Crippen molar-refractivity contribution in [2.45, 2.75) is 26.9 Å². The largest absolute Gasteiger partial charge is 0.490 e. The fourth-order valence-corrected chi connectivity index (χ4v) is 1.56. The van der Waals surface area contributed by atoms with Crippen LogP contribution in [0.15, 0.2) is 12.1 Å². The summed E-state index contributed by atoms with van der Waals surface area (Å²) in [5.74, 6) is -0.519. The number of hydrogen-bond acceptors (Lipinski definition) is 3. The van der Waals surface area contributed by atoms with E-state index in [-0.39, 0.29) is 17.4 Å². The minimum Gasteiger partial charge on any atom is -0.490 e. The van der Waals surface area contributed by atoms with E-state index in [9.17, 15) is 4.79 Å². The van der Waals surface area contributed by atoms with Crippen molar-refractivity contribution in [2.24, 2.45) is 0 Å². The third-order valence-corrected chi connectivity index (χ3v) is 2.12. The van der Waals surface area contributed by atoms with Crippen molar-refractivity contribution in [3.8, 4) is 11.5 Å². The molecule has 1 aromatic rings. The number of carboxylic acids is 1. The Balaban J connectivity index is 3.30. The molecule has 4 nitrogen and oxygen atoms in total. The van der Waals surface area contributed by atoms with Crippen molar-refractivity contribution in [2.75, 3.05) is 6.61 Å². The third kappa shape index (κ3) is 3.53. The van der Waals surface area contributed by atoms with Crippen LogP contribution in [0.25, 0.3) is 0 Å². The highest BCUT2D eigenvalue weighted by molar-refractivity contribution is 6.31. The fraction of sp³-hybridized carbons (Fsp3) is 0.417. The van der Waals surface area contributed by atoms with Crippen LogP contribution in [0.4, 0.5) is 0 Å². The standard InChI is InChI=1S/C12H15ClO4/c1-4-16-10-6-8(13)5-9(12(14)15)11(10)17-7(2)3/h5-7H,4H2,1-3H3,(H,14,15). The van der Waals surface area contributed by atoms with Crippen LogP contribution in [0, 0.1) is 0 Å². The summed E-state index contributed by atoms with van der Waals surface area (Å²) in [4.78, 5) is 11.1. The van der Waals surface area contributed by atoms with E-state index in [1.54, 1.807) is 13.0 Å². The predicted molar refractivity (Wildman–Crippen MR) is 65.3 cm³/mol. The quantitative estimate of drug-likeness (QED) is 0.881. The average molecular weight is 259 g/mol. The van der Waals surface area contributed by atoms with Gasteiger partial charge >= 0.3 is 5.97 Å². The van der Waals surface area contributed by atoms with Gasteiger partial charge in [0.2, 0.25) is 0 Å². The normalized spacial score (nSPS) is 10.4. The molecule has 0 radical (unpaired) electrons. The molecule has 1 rings (SSSR count). The monoisotopic (exact) mass is 258 g/mol. The molecule has 0 unspecified atom stereocenters. The number of aromatic carboxylic acids is 1. The number of halogens is 1. The minimum absolute atomic E-state index is 0.00894. The topological polar surface area (TPSA) is 55.8 Å². The van der Waals surface area contributed by atoms with E-state index in [1.807, 2.05) is 13.8 Å². The van der Waals surface area contributed by atoms with E-state index in [1.165, 1.54) is 6.07 Å². The molecule has 0 spiro atoms. The Kier molecular flexibility index (Phi) is 4.63. The lowest BCUT2D eigenvalue weighted by molar-refractivity contribution is 0.0689. The maximum absolute atomic E-state index is 11.1. The van der Waals surface area contributed by atoms with Gasteiger partial charge < -0.3 is 14.6 Å². The van der Waals surface area contributed by atoms with Gasteiger partial charge in [-0.3, -0.25) is 0 Å². The lowest BCUT2D eigenvalue weighted by Crippen LogP contribution is -2.11. The summed E-state index contributed by atoms with van der Waals surface area (Å²) < 4.78 is 10.8. The number of rotatable bonds is 5. The van der Waals surface area contributed by atoms with Crippen molar-refractivity contribution < 1.29 is 19.4 Å². The van der Waals surface area contributed by atoms with Crippen molar-refractivity contribution in [3.63, 3.8) is 0 Å². The van der Waals surface area contributed by atoms with Crippen molar-refractivity contribution in [3.05, 3.63) is 22.7 Å². The zero-order valence-electron chi connectivity index (χ0n) is 9.99. The first kappa shape index (κ1) is 13.6. The van der Waals surface area contributed by atoms with Gasteiger partial charge in [-0.05, 0) is 26.8 Å². The Morgan fingerprint density at radius 2 is 2.12 bits per heavy atom. The lowest BCUT2D eigenvalue weighted by Gasteiger charge is -2.16. The fourth-order valence-electron chi connectivity index (χ4n) is 1.35.